The third-order valence-corrected chi connectivity index (χ3v) is 5.01. The number of hydrogen-bond donors (Lipinski definition) is 1. The number of nitrogens with one attached hydrogen (secondary N) is 1. The van der Waals surface area contributed by atoms with Gasteiger partial charge in [0.15, 0.2) is 0 Å². The van der Waals surface area contributed by atoms with Crippen LogP contribution in [0.1, 0.15) is 55.7 Å². The molecule has 1 aromatic rings. The van der Waals surface area contributed by atoms with Crippen molar-refractivity contribution in [2.75, 3.05) is 7.05 Å². The Labute approximate surface area is 105 Å². The molecular formula is C16H23N. The van der Waals surface area contributed by atoms with E-state index in [1.54, 1.807) is 11.1 Å². The van der Waals surface area contributed by atoms with Crippen molar-refractivity contribution in [3.05, 3.63) is 35.4 Å². The fourth-order valence-corrected chi connectivity index (χ4v) is 4.16. The smallest absolute Gasteiger partial charge is 0.0377 e. The van der Waals surface area contributed by atoms with E-state index in [2.05, 4.69) is 36.6 Å². The first-order valence-corrected chi connectivity index (χ1v) is 7.11. The monoisotopic (exact) mass is 229 g/mol. The van der Waals surface area contributed by atoms with Gasteiger partial charge in [-0.1, -0.05) is 43.5 Å². The van der Waals surface area contributed by atoms with E-state index in [-0.39, 0.29) is 0 Å². The lowest BCUT2D eigenvalue weighted by molar-refractivity contribution is 0.103. The summed E-state index contributed by atoms with van der Waals surface area (Å²) < 4.78 is 0. The number of hydrogen-bond acceptors (Lipinski definition) is 1. The first-order chi connectivity index (χ1) is 8.36. The van der Waals surface area contributed by atoms with E-state index in [0.717, 1.165) is 0 Å². The Morgan fingerprint density at radius 1 is 1.06 bits per heavy atom. The Morgan fingerprint density at radius 2 is 1.82 bits per heavy atom. The van der Waals surface area contributed by atoms with Crippen LogP contribution in [-0.2, 0) is 6.42 Å². The van der Waals surface area contributed by atoms with E-state index < -0.39 is 0 Å². The Kier molecular flexibility index (Phi) is 2.96. The van der Waals surface area contributed by atoms with Gasteiger partial charge in [0.2, 0.25) is 0 Å². The molecule has 1 spiro atoms. The predicted molar refractivity (Wildman–Crippen MR) is 72.1 cm³/mol. The molecule has 0 saturated heterocycles. The van der Waals surface area contributed by atoms with Crippen molar-refractivity contribution in [2.24, 2.45) is 5.41 Å². The molecule has 3 rings (SSSR count). The van der Waals surface area contributed by atoms with Crippen LogP contribution >= 0.6 is 0 Å². The molecule has 1 saturated carbocycles. The summed E-state index contributed by atoms with van der Waals surface area (Å²) >= 11 is 0. The minimum atomic E-state index is 0.557. The molecule has 1 atom stereocenters. The zero-order chi connectivity index (χ0) is 11.7. The fourth-order valence-electron chi connectivity index (χ4n) is 4.16. The van der Waals surface area contributed by atoms with E-state index in [9.17, 15) is 0 Å². The maximum atomic E-state index is 3.62. The van der Waals surface area contributed by atoms with Gasteiger partial charge in [-0.25, -0.2) is 0 Å². The molecule has 0 aromatic heterocycles. The number of aryl methyl sites for hydroxylation is 1. The zero-order valence-electron chi connectivity index (χ0n) is 10.8. The summed E-state index contributed by atoms with van der Waals surface area (Å²) in [4.78, 5) is 0. The first kappa shape index (κ1) is 11.3. The van der Waals surface area contributed by atoms with Gasteiger partial charge in [-0.05, 0) is 49.3 Å². The molecule has 92 valence electrons. The van der Waals surface area contributed by atoms with Gasteiger partial charge in [0, 0.05) is 6.04 Å². The molecule has 0 bridgehead atoms. The molecular weight excluding hydrogens is 206 g/mol. The van der Waals surface area contributed by atoms with Gasteiger partial charge in [0.05, 0.1) is 0 Å². The van der Waals surface area contributed by atoms with Gasteiger partial charge in [0.25, 0.3) is 0 Å². The summed E-state index contributed by atoms with van der Waals surface area (Å²) in [7, 11) is 2.14. The van der Waals surface area contributed by atoms with Crippen molar-refractivity contribution in [2.45, 2.75) is 51.0 Å². The third-order valence-electron chi connectivity index (χ3n) is 5.01. The highest BCUT2D eigenvalue weighted by Crippen LogP contribution is 2.52. The number of rotatable bonds is 1. The van der Waals surface area contributed by atoms with Crippen molar-refractivity contribution < 1.29 is 0 Å². The fraction of sp³-hybridized carbons (Fsp3) is 0.625. The highest BCUT2D eigenvalue weighted by Gasteiger charge is 2.42. The van der Waals surface area contributed by atoms with E-state index in [1.807, 2.05) is 0 Å². The van der Waals surface area contributed by atoms with Crippen LogP contribution in [-0.4, -0.2) is 7.05 Å². The van der Waals surface area contributed by atoms with Crippen LogP contribution in [0.5, 0.6) is 0 Å². The lowest BCUT2D eigenvalue weighted by atomic mass is 9.61. The molecule has 1 aromatic carbocycles. The Bertz CT molecular complexity index is 390. The van der Waals surface area contributed by atoms with Crippen LogP contribution in [0.15, 0.2) is 24.3 Å². The molecule has 0 radical (unpaired) electrons. The Hall–Kier alpha value is -0.820. The highest BCUT2D eigenvalue weighted by molar-refractivity contribution is 5.34. The third kappa shape index (κ3) is 1.81. The van der Waals surface area contributed by atoms with Gasteiger partial charge in [-0.2, -0.15) is 0 Å². The molecule has 1 unspecified atom stereocenters. The van der Waals surface area contributed by atoms with Gasteiger partial charge < -0.3 is 5.32 Å². The quantitative estimate of drug-likeness (QED) is 0.771. The average molecular weight is 229 g/mol. The first-order valence-electron chi connectivity index (χ1n) is 7.11. The zero-order valence-corrected chi connectivity index (χ0v) is 10.8. The minimum absolute atomic E-state index is 0.557. The molecule has 1 fully saturated rings. The minimum Gasteiger partial charge on any atom is -0.313 e. The lowest BCUT2D eigenvalue weighted by Crippen LogP contribution is -2.41. The standard InChI is InChI=1S/C16H23N/c1-17-15-14-8-4-3-7-13(14)9-12-16(15)10-5-2-6-11-16/h3-4,7-8,15,17H,2,5-6,9-12H2,1H3. The van der Waals surface area contributed by atoms with E-state index >= 15 is 0 Å². The van der Waals surface area contributed by atoms with Crippen LogP contribution in [0.25, 0.3) is 0 Å². The summed E-state index contributed by atoms with van der Waals surface area (Å²) in [6.45, 7) is 0. The molecule has 2 aliphatic carbocycles. The van der Waals surface area contributed by atoms with Gasteiger partial charge in [0.1, 0.15) is 0 Å². The van der Waals surface area contributed by atoms with Crippen molar-refractivity contribution in [1.82, 2.24) is 5.32 Å². The van der Waals surface area contributed by atoms with E-state index in [0.29, 0.717) is 11.5 Å². The molecule has 1 nitrogen and oxygen atoms in total. The van der Waals surface area contributed by atoms with Gasteiger partial charge in [-0.3, -0.25) is 0 Å². The summed E-state index contributed by atoms with van der Waals surface area (Å²) in [6, 6.07) is 9.63. The van der Waals surface area contributed by atoms with E-state index in [4.69, 9.17) is 0 Å². The van der Waals surface area contributed by atoms with Crippen LogP contribution in [0, 0.1) is 5.41 Å². The Morgan fingerprint density at radius 3 is 2.59 bits per heavy atom. The maximum Gasteiger partial charge on any atom is 0.0377 e. The summed E-state index contributed by atoms with van der Waals surface area (Å²) in [5.41, 5.74) is 3.70. The molecule has 0 heterocycles. The molecule has 0 aliphatic heterocycles. The summed E-state index contributed by atoms with van der Waals surface area (Å²) in [5, 5.41) is 3.62. The normalized spacial score (nSPS) is 26.8. The van der Waals surface area contributed by atoms with E-state index in [1.165, 1.54) is 44.9 Å². The highest BCUT2D eigenvalue weighted by atomic mass is 14.9. The van der Waals surface area contributed by atoms with Crippen LogP contribution < -0.4 is 5.32 Å². The van der Waals surface area contributed by atoms with Crippen molar-refractivity contribution in [1.29, 1.82) is 0 Å². The van der Waals surface area contributed by atoms with Crippen LogP contribution in [0.4, 0.5) is 0 Å². The summed E-state index contributed by atoms with van der Waals surface area (Å²) in [6.07, 6.45) is 9.82. The molecule has 1 heteroatoms. The molecule has 17 heavy (non-hydrogen) atoms. The molecule has 0 amide bonds. The summed E-state index contributed by atoms with van der Waals surface area (Å²) in [5.74, 6) is 0. The second kappa shape index (κ2) is 4.45. The van der Waals surface area contributed by atoms with Crippen LogP contribution in [0.2, 0.25) is 0 Å². The van der Waals surface area contributed by atoms with Crippen molar-refractivity contribution in [3.8, 4) is 0 Å². The van der Waals surface area contributed by atoms with Crippen LogP contribution in [0.3, 0.4) is 0 Å². The maximum absolute atomic E-state index is 3.62. The van der Waals surface area contributed by atoms with Crippen molar-refractivity contribution in [3.63, 3.8) is 0 Å². The molecule has 1 N–H and O–H groups in total. The second-order valence-electron chi connectivity index (χ2n) is 5.84. The van der Waals surface area contributed by atoms with Crippen molar-refractivity contribution >= 4 is 0 Å². The average Bonchev–Trinajstić information content (AvgIpc) is 2.40. The predicted octanol–water partition coefficient (Wildman–Crippen LogP) is 3.84. The second-order valence-corrected chi connectivity index (χ2v) is 5.84. The lowest BCUT2D eigenvalue weighted by Gasteiger charge is -2.47. The topological polar surface area (TPSA) is 12.0 Å². The SMILES string of the molecule is CNC1c2ccccc2CCC12CCCCC2. The number of benzene rings is 1. The largest absolute Gasteiger partial charge is 0.313 e. The van der Waals surface area contributed by atoms with Gasteiger partial charge in [-0.15, -0.1) is 0 Å². The van der Waals surface area contributed by atoms with Gasteiger partial charge >= 0.3 is 0 Å². The Balaban J connectivity index is 1.99. The molecule has 2 aliphatic rings. The number of fused-ring (bicyclic) bond motifs is 1.